The minimum absolute atomic E-state index is 0.0211. The Labute approximate surface area is 98.6 Å². The van der Waals surface area contributed by atoms with Crippen molar-refractivity contribution in [3.8, 4) is 0 Å². The van der Waals surface area contributed by atoms with Crippen molar-refractivity contribution < 1.29 is 14.3 Å². The van der Waals surface area contributed by atoms with Gasteiger partial charge in [-0.15, -0.1) is 6.58 Å². The van der Waals surface area contributed by atoms with Gasteiger partial charge in [0.05, 0.1) is 5.92 Å². The first kappa shape index (κ1) is 12.7. The number of carbonyl (C=O) groups is 1. The zero-order chi connectivity index (χ0) is 11.6. The van der Waals surface area contributed by atoms with Crippen LogP contribution >= 0.6 is 23.2 Å². The van der Waals surface area contributed by atoms with Crippen LogP contribution in [0.1, 0.15) is 6.42 Å². The molecular weight excluding hydrogens is 239 g/mol. The van der Waals surface area contributed by atoms with Crippen molar-refractivity contribution in [2.45, 2.75) is 12.2 Å². The molecule has 0 aromatic carbocycles. The van der Waals surface area contributed by atoms with E-state index in [1.807, 2.05) is 0 Å². The van der Waals surface area contributed by atoms with Gasteiger partial charge in [0, 0.05) is 14.2 Å². The molecule has 0 saturated carbocycles. The number of hydrogen-bond acceptors (Lipinski definition) is 3. The lowest BCUT2D eigenvalue weighted by atomic mass is 9.96. The van der Waals surface area contributed by atoms with Crippen molar-refractivity contribution in [3.63, 3.8) is 0 Å². The van der Waals surface area contributed by atoms with Crippen LogP contribution in [0.2, 0.25) is 0 Å². The van der Waals surface area contributed by atoms with Gasteiger partial charge in [-0.1, -0.05) is 29.3 Å². The summed E-state index contributed by atoms with van der Waals surface area (Å²) >= 11 is 11.7. The Kier molecular flexibility index (Phi) is 3.95. The monoisotopic (exact) mass is 250 g/mol. The molecule has 0 bridgehead atoms. The van der Waals surface area contributed by atoms with Crippen molar-refractivity contribution in [2.75, 3.05) is 14.2 Å². The molecule has 0 aliphatic heterocycles. The molecule has 5 heteroatoms. The quantitative estimate of drug-likeness (QED) is 0.568. The van der Waals surface area contributed by atoms with E-state index in [4.69, 9.17) is 32.7 Å². The molecule has 1 aliphatic rings. The van der Waals surface area contributed by atoms with E-state index < -0.39 is 11.7 Å². The molecule has 15 heavy (non-hydrogen) atoms. The number of hydrogen-bond donors (Lipinski definition) is 0. The van der Waals surface area contributed by atoms with Crippen LogP contribution in [-0.2, 0) is 14.3 Å². The number of Topliss-reactive ketones (excluding diaryl/α,β-unsaturated/α-hetero) is 1. The first-order valence-corrected chi connectivity index (χ1v) is 5.11. The smallest absolute Gasteiger partial charge is 0.217 e. The molecule has 0 radical (unpaired) electrons. The molecule has 0 aromatic rings. The molecule has 84 valence electrons. The zero-order valence-corrected chi connectivity index (χ0v) is 10.1. The van der Waals surface area contributed by atoms with Gasteiger partial charge in [0.1, 0.15) is 10.1 Å². The summed E-state index contributed by atoms with van der Waals surface area (Å²) in [5.74, 6) is -2.10. The SMILES string of the molecule is C=CC[C@@H]1C(=O)C(Cl)=C(Cl)C1(OC)OC. The van der Waals surface area contributed by atoms with Crippen molar-refractivity contribution >= 4 is 29.0 Å². The van der Waals surface area contributed by atoms with E-state index in [1.54, 1.807) is 6.08 Å². The molecule has 0 saturated heterocycles. The van der Waals surface area contributed by atoms with E-state index in [0.717, 1.165) is 0 Å². The second kappa shape index (κ2) is 4.66. The first-order chi connectivity index (χ1) is 7.05. The fourth-order valence-corrected chi connectivity index (χ4v) is 2.36. The van der Waals surface area contributed by atoms with Crippen LogP contribution < -0.4 is 0 Å². The van der Waals surface area contributed by atoms with E-state index in [2.05, 4.69) is 6.58 Å². The predicted octanol–water partition coefficient (Wildman–Crippen LogP) is 2.44. The van der Waals surface area contributed by atoms with Crippen LogP contribution in [-0.4, -0.2) is 25.8 Å². The largest absolute Gasteiger partial charge is 0.348 e. The number of methoxy groups -OCH3 is 2. The van der Waals surface area contributed by atoms with Gasteiger partial charge >= 0.3 is 0 Å². The highest BCUT2D eigenvalue weighted by Gasteiger charge is 2.54. The normalized spacial score (nSPS) is 24.8. The Morgan fingerprint density at radius 1 is 1.47 bits per heavy atom. The average Bonchev–Trinajstić information content (AvgIpc) is 2.43. The Morgan fingerprint density at radius 2 is 2.00 bits per heavy atom. The van der Waals surface area contributed by atoms with Crippen LogP contribution in [0.4, 0.5) is 0 Å². The Morgan fingerprint density at radius 3 is 2.40 bits per heavy atom. The summed E-state index contributed by atoms with van der Waals surface area (Å²) in [6.45, 7) is 3.57. The van der Waals surface area contributed by atoms with Crippen LogP contribution in [0.25, 0.3) is 0 Å². The number of halogens is 2. The van der Waals surface area contributed by atoms with Crippen molar-refractivity contribution in [1.82, 2.24) is 0 Å². The van der Waals surface area contributed by atoms with Crippen molar-refractivity contribution in [2.24, 2.45) is 5.92 Å². The summed E-state index contributed by atoms with van der Waals surface area (Å²) < 4.78 is 10.4. The fourth-order valence-electron chi connectivity index (χ4n) is 1.72. The van der Waals surface area contributed by atoms with E-state index >= 15 is 0 Å². The van der Waals surface area contributed by atoms with E-state index in [0.29, 0.717) is 6.42 Å². The Hall–Kier alpha value is -0.350. The first-order valence-electron chi connectivity index (χ1n) is 4.36. The van der Waals surface area contributed by atoms with Crippen LogP contribution in [0, 0.1) is 5.92 Å². The number of rotatable bonds is 4. The molecule has 1 rings (SSSR count). The summed E-state index contributed by atoms with van der Waals surface area (Å²) in [5, 5.41) is 0.0817. The minimum atomic E-state index is -1.26. The van der Waals surface area contributed by atoms with E-state index in [-0.39, 0.29) is 15.8 Å². The van der Waals surface area contributed by atoms with Crippen molar-refractivity contribution in [1.29, 1.82) is 0 Å². The van der Waals surface area contributed by atoms with Gasteiger partial charge in [-0.3, -0.25) is 4.79 Å². The number of ether oxygens (including phenoxy) is 2. The Bertz CT molecular complexity index is 319. The Balaban J connectivity index is 3.19. The van der Waals surface area contributed by atoms with Gasteiger partial charge in [-0.25, -0.2) is 0 Å². The summed E-state index contributed by atoms with van der Waals surface area (Å²) in [6.07, 6.45) is 2.00. The molecule has 3 nitrogen and oxygen atoms in total. The number of allylic oxidation sites excluding steroid dienone is 2. The molecule has 0 amide bonds. The van der Waals surface area contributed by atoms with Gasteiger partial charge in [0.25, 0.3) is 0 Å². The third-order valence-corrected chi connectivity index (χ3v) is 3.42. The van der Waals surface area contributed by atoms with Crippen LogP contribution in [0.3, 0.4) is 0 Å². The van der Waals surface area contributed by atoms with E-state index in [9.17, 15) is 4.79 Å². The lowest BCUT2D eigenvalue weighted by Gasteiger charge is -2.31. The minimum Gasteiger partial charge on any atom is -0.348 e. The van der Waals surface area contributed by atoms with Gasteiger partial charge in [0.15, 0.2) is 5.78 Å². The number of carbonyl (C=O) groups excluding carboxylic acids is 1. The molecule has 0 spiro atoms. The maximum Gasteiger partial charge on any atom is 0.217 e. The zero-order valence-electron chi connectivity index (χ0n) is 8.55. The van der Waals surface area contributed by atoms with Gasteiger partial charge in [-0.05, 0) is 6.42 Å². The predicted molar refractivity (Wildman–Crippen MR) is 58.8 cm³/mol. The van der Waals surface area contributed by atoms with Gasteiger partial charge in [-0.2, -0.15) is 0 Å². The second-order valence-electron chi connectivity index (χ2n) is 3.14. The maximum absolute atomic E-state index is 11.8. The summed E-state index contributed by atoms with van der Waals surface area (Å²) in [6, 6.07) is 0. The average molecular weight is 251 g/mol. The standard InChI is InChI=1S/C10H12Cl2O3/c1-4-5-6-8(13)7(11)9(12)10(6,14-2)15-3/h4,6H,1,5H2,2-3H3/t6-/m1/s1. The molecule has 0 aromatic heterocycles. The van der Waals surface area contributed by atoms with E-state index in [1.165, 1.54) is 14.2 Å². The second-order valence-corrected chi connectivity index (χ2v) is 3.90. The lowest BCUT2D eigenvalue weighted by Crippen LogP contribution is -2.41. The lowest BCUT2D eigenvalue weighted by molar-refractivity contribution is -0.200. The third kappa shape index (κ3) is 1.74. The molecule has 1 aliphatic carbocycles. The number of ketones is 1. The molecular formula is C10H12Cl2O3. The van der Waals surface area contributed by atoms with Crippen molar-refractivity contribution in [3.05, 3.63) is 22.7 Å². The fraction of sp³-hybridized carbons (Fsp3) is 0.500. The highest BCUT2D eigenvalue weighted by atomic mass is 35.5. The summed E-state index contributed by atoms with van der Waals surface area (Å²) in [5.41, 5.74) is 0. The molecule has 1 atom stereocenters. The molecule has 0 heterocycles. The van der Waals surface area contributed by atoms with Gasteiger partial charge in [0.2, 0.25) is 5.79 Å². The topological polar surface area (TPSA) is 35.5 Å². The molecule has 0 fully saturated rings. The maximum atomic E-state index is 11.8. The van der Waals surface area contributed by atoms with Gasteiger partial charge < -0.3 is 9.47 Å². The molecule has 0 N–H and O–H groups in total. The highest BCUT2D eigenvalue weighted by molar-refractivity contribution is 6.50. The molecule has 0 unspecified atom stereocenters. The van der Waals surface area contributed by atoms with Crippen LogP contribution in [0.5, 0.6) is 0 Å². The summed E-state index contributed by atoms with van der Waals surface area (Å²) in [7, 11) is 2.84. The summed E-state index contributed by atoms with van der Waals surface area (Å²) in [4.78, 5) is 11.8. The highest BCUT2D eigenvalue weighted by Crippen LogP contribution is 2.46. The van der Waals surface area contributed by atoms with Crippen LogP contribution in [0.15, 0.2) is 22.7 Å². The third-order valence-electron chi connectivity index (χ3n) is 2.50.